The molecule has 2 aliphatic heterocycles. The smallest absolute Gasteiger partial charge is 0.282 e. The predicted molar refractivity (Wildman–Crippen MR) is 126 cm³/mol. The number of rotatable bonds is 3. The maximum absolute atomic E-state index is 13.2. The summed E-state index contributed by atoms with van der Waals surface area (Å²) in [5, 5.41) is 2.84. The number of hydrogen-bond donors (Lipinski definition) is 0. The number of carbonyl (C=O) groups excluding carboxylic acids is 1. The van der Waals surface area contributed by atoms with Crippen molar-refractivity contribution >= 4 is 49.6 Å². The number of piperazine rings is 1. The molecule has 2 aromatic carbocycles. The average Bonchev–Trinajstić information content (AvgIpc) is 3.21. The minimum atomic E-state index is -3.64. The van der Waals surface area contributed by atoms with Crippen LogP contribution in [0.4, 0.5) is 0 Å². The van der Waals surface area contributed by atoms with Gasteiger partial charge in [0.2, 0.25) is 10.0 Å². The van der Waals surface area contributed by atoms with Gasteiger partial charge in [0.1, 0.15) is 0 Å². The summed E-state index contributed by atoms with van der Waals surface area (Å²) in [4.78, 5) is 22.9. The normalized spacial score (nSPS) is 18.1. The molecule has 7 nitrogen and oxygen atoms in total. The lowest BCUT2D eigenvalue weighted by Crippen LogP contribution is -2.50. The van der Waals surface area contributed by atoms with Crippen molar-refractivity contribution in [1.29, 1.82) is 0 Å². The molecule has 1 amide bonds. The molecule has 5 rings (SSSR count). The highest BCUT2D eigenvalue weighted by molar-refractivity contribution is 7.89. The summed E-state index contributed by atoms with van der Waals surface area (Å²) < 4.78 is 27.8. The molecule has 2 aliphatic rings. The zero-order valence-electron chi connectivity index (χ0n) is 17.6. The topological polar surface area (TPSA) is 73.8 Å². The second-order valence-electron chi connectivity index (χ2n) is 8.23. The third-order valence-corrected chi connectivity index (χ3v) is 9.24. The van der Waals surface area contributed by atoms with E-state index in [1.807, 2.05) is 12.1 Å². The number of sulfonamides is 1. The molecular formula is C22H23ClN4O3S2. The number of nitrogens with zero attached hydrogens (tertiary/aromatic N) is 4. The number of amides is 1. The number of carbonyl (C=O) groups is 1. The van der Waals surface area contributed by atoms with Crippen molar-refractivity contribution in [2.45, 2.75) is 17.9 Å². The summed E-state index contributed by atoms with van der Waals surface area (Å²) >= 11 is 7.49. The van der Waals surface area contributed by atoms with Gasteiger partial charge < -0.3 is 9.80 Å². The van der Waals surface area contributed by atoms with E-state index in [1.54, 1.807) is 29.2 Å². The quantitative estimate of drug-likeness (QED) is 0.564. The predicted octanol–water partition coefficient (Wildman–Crippen LogP) is 3.08. The van der Waals surface area contributed by atoms with Crippen LogP contribution < -0.4 is 0 Å². The van der Waals surface area contributed by atoms with Crippen LogP contribution in [0.5, 0.6) is 0 Å². The molecule has 1 fully saturated rings. The Balaban J connectivity index is 1.29. The van der Waals surface area contributed by atoms with E-state index in [0.29, 0.717) is 23.1 Å². The molecule has 0 unspecified atom stereocenters. The maximum Gasteiger partial charge on any atom is 0.282 e. The van der Waals surface area contributed by atoms with Gasteiger partial charge in [-0.05, 0) is 42.1 Å². The van der Waals surface area contributed by atoms with E-state index in [0.717, 1.165) is 40.9 Å². The molecule has 1 saturated heterocycles. The molecule has 0 bridgehead atoms. The van der Waals surface area contributed by atoms with Gasteiger partial charge in [-0.2, -0.15) is 4.31 Å². The first-order chi connectivity index (χ1) is 15.3. The van der Waals surface area contributed by atoms with Gasteiger partial charge in [-0.15, -0.1) is 11.3 Å². The summed E-state index contributed by atoms with van der Waals surface area (Å²) in [6, 6.07) is 10.4. The lowest BCUT2D eigenvalue weighted by atomic mass is 10.1. The van der Waals surface area contributed by atoms with Gasteiger partial charge in [0, 0.05) is 55.6 Å². The van der Waals surface area contributed by atoms with Crippen molar-refractivity contribution in [3.63, 3.8) is 0 Å². The number of thiazole rings is 1. The molecule has 1 aromatic heterocycles. The van der Waals surface area contributed by atoms with Crippen LogP contribution in [0, 0.1) is 0 Å². The Hall–Kier alpha value is -2.04. The lowest BCUT2D eigenvalue weighted by Gasteiger charge is -2.33. The number of halogens is 1. The molecule has 10 heteroatoms. The van der Waals surface area contributed by atoms with E-state index in [4.69, 9.17) is 11.6 Å². The number of benzene rings is 2. The van der Waals surface area contributed by atoms with Crippen molar-refractivity contribution in [2.75, 3.05) is 39.8 Å². The molecule has 168 valence electrons. The fourth-order valence-electron chi connectivity index (χ4n) is 4.19. The second kappa shape index (κ2) is 8.39. The van der Waals surface area contributed by atoms with E-state index in [-0.39, 0.29) is 23.9 Å². The molecular weight excluding hydrogens is 468 g/mol. The van der Waals surface area contributed by atoms with Crippen molar-refractivity contribution in [3.8, 4) is 0 Å². The van der Waals surface area contributed by atoms with E-state index in [9.17, 15) is 13.2 Å². The van der Waals surface area contributed by atoms with Crippen LogP contribution in [0.25, 0.3) is 10.8 Å². The number of hydrogen-bond acceptors (Lipinski definition) is 6. The standard InChI is InChI=1S/C22H23ClN4O3S2/c1-25-7-6-19-20(14-25)31-21(24-19)22(28)26-8-10-27(11-9-26)32(29,30)18-5-3-15-12-17(23)4-2-16(15)13-18/h2-5,12-13H,6-11,14H2,1H3. The molecule has 3 heterocycles. The Labute approximate surface area is 196 Å². The zero-order chi connectivity index (χ0) is 22.5. The zero-order valence-corrected chi connectivity index (χ0v) is 20.0. The Morgan fingerprint density at radius 1 is 1.03 bits per heavy atom. The van der Waals surface area contributed by atoms with Crippen LogP contribution in [0.3, 0.4) is 0 Å². The largest absolute Gasteiger partial charge is 0.334 e. The lowest BCUT2D eigenvalue weighted by molar-refractivity contribution is 0.0697. The average molecular weight is 491 g/mol. The molecule has 0 aliphatic carbocycles. The minimum Gasteiger partial charge on any atom is -0.334 e. The van der Waals surface area contributed by atoms with Crippen LogP contribution in [0.2, 0.25) is 5.02 Å². The SMILES string of the molecule is CN1CCc2nc(C(=O)N3CCN(S(=O)(=O)c4ccc5cc(Cl)ccc5c4)CC3)sc2C1. The minimum absolute atomic E-state index is 0.105. The number of likely N-dealkylation sites (N-methyl/N-ethyl adjacent to an activating group) is 1. The highest BCUT2D eigenvalue weighted by atomic mass is 35.5. The summed E-state index contributed by atoms with van der Waals surface area (Å²) in [6.07, 6.45) is 0.861. The fraction of sp³-hybridized carbons (Fsp3) is 0.364. The van der Waals surface area contributed by atoms with Crippen LogP contribution in [-0.2, 0) is 23.0 Å². The van der Waals surface area contributed by atoms with Gasteiger partial charge in [-0.25, -0.2) is 13.4 Å². The van der Waals surface area contributed by atoms with Gasteiger partial charge in [0.05, 0.1) is 10.6 Å². The third-order valence-electron chi connectivity index (χ3n) is 6.04. The molecule has 0 radical (unpaired) electrons. The fourth-order valence-corrected chi connectivity index (χ4v) is 6.98. The van der Waals surface area contributed by atoms with Gasteiger partial charge in [-0.3, -0.25) is 4.79 Å². The van der Waals surface area contributed by atoms with E-state index >= 15 is 0 Å². The van der Waals surface area contributed by atoms with Gasteiger partial charge in [0.15, 0.2) is 5.01 Å². The maximum atomic E-state index is 13.2. The van der Waals surface area contributed by atoms with Gasteiger partial charge in [-0.1, -0.05) is 23.7 Å². The van der Waals surface area contributed by atoms with Crippen LogP contribution in [0.15, 0.2) is 41.3 Å². The van der Waals surface area contributed by atoms with E-state index in [2.05, 4.69) is 16.9 Å². The Kier molecular flexibility index (Phi) is 5.71. The van der Waals surface area contributed by atoms with Crippen molar-refractivity contribution < 1.29 is 13.2 Å². The van der Waals surface area contributed by atoms with E-state index in [1.165, 1.54) is 15.6 Å². The Morgan fingerprint density at radius 3 is 2.53 bits per heavy atom. The van der Waals surface area contributed by atoms with Crippen LogP contribution in [-0.4, -0.2) is 73.2 Å². The molecule has 0 saturated carbocycles. The first-order valence-electron chi connectivity index (χ1n) is 10.5. The Morgan fingerprint density at radius 2 is 1.75 bits per heavy atom. The van der Waals surface area contributed by atoms with Crippen LogP contribution in [0.1, 0.15) is 20.4 Å². The van der Waals surface area contributed by atoms with Crippen LogP contribution >= 0.6 is 22.9 Å². The highest BCUT2D eigenvalue weighted by Gasteiger charge is 2.32. The van der Waals surface area contributed by atoms with E-state index < -0.39 is 10.0 Å². The summed E-state index contributed by atoms with van der Waals surface area (Å²) in [6.45, 7) is 3.00. The highest BCUT2D eigenvalue weighted by Crippen LogP contribution is 2.27. The first-order valence-corrected chi connectivity index (χ1v) is 13.1. The van der Waals surface area contributed by atoms with Crippen molar-refractivity contribution in [1.82, 2.24) is 19.1 Å². The van der Waals surface area contributed by atoms with Crippen molar-refractivity contribution in [2.24, 2.45) is 0 Å². The summed E-state index contributed by atoms with van der Waals surface area (Å²) in [5.41, 5.74) is 1.02. The molecule has 0 N–H and O–H groups in total. The molecule has 32 heavy (non-hydrogen) atoms. The monoisotopic (exact) mass is 490 g/mol. The first kappa shape index (κ1) is 21.8. The van der Waals surface area contributed by atoms with Gasteiger partial charge in [0.25, 0.3) is 5.91 Å². The number of fused-ring (bicyclic) bond motifs is 2. The summed E-state index contributed by atoms with van der Waals surface area (Å²) in [7, 11) is -1.58. The third kappa shape index (κ3) is 4.04. The molecule has 0 atom stereocenters. The molecule has 0 spiro atoms. The van der Waals surface area contributed by atoms with Crippen molar-refractivity contribution in [3.05, 3.63) is 57.0 Å². The Bertz CT molecular complexity index is 1300. The molecule has 3 aromatic rings. The summed E-state index contributed by atoms with van der Waals surface area (Å²) in [5.74, 6) is -0.105. The van der Waals surface area contributed by atoms with Gasteiger partial charge >= 0.3 is 0 Å². The second-order valence-corrected chi connectivity index (χ2v) is 11.7. The number of aromatic nitrogens is 1.